The SMILES string of the molecule is CC(C)c1cc(C(=O)NC(C)c2ccncc2)cc(N)n1. The van der Waals surface area contributed by atoms with Crippen molar-refractivity contribution in [3.05, 3.63) is 53.5 Å². The molecule has 0 bridgehead atoms. The molecule has 110 valence electrons. The summed E-state index contributed by atoms with van der Waals surface area (Å²) >= 11 is 0. The summed E-state index contributed by atoms with van der Waals surface area (Å²) in [7, 11) is 0. The Morgan fingerprint density at radius 3 is 2.48 bits per heavy atom. The quantitative estimate of drug-likeness (QED) is 0.904. The van der Waals surface area contributed by atoms with Crippen LogP contribution in [0, 0.1) is 0 Å². The van der Waals surface area contributed by atoms with Gasteiger partial charge < -0.3 is 11.1 Å². The molecule has 2 rings (SSSR count). The minimum Gasteiger partial charge on any atom is -0.384 e. The lowest BCUT2D eigenvalue weighted by atomic mass is 10.1. The van der Waals surface area contributed by atoms with Gasteiger partial charge >= 0.3 is 0 Å². The normalized spacial score (nSPS) is 12.2. The first-order valence-corrected chi connectivity index (χ1v) is 6.95. The van der Waals surface area contributed by atoms with Gasteiger partial charge in [-0.25, -0.2) is 4.98 Å². The number of pyridine rings is 2. The molecule has 0 aliphatic carbocycles. The smallest absolute Gasteiger partial charge is 0.251 e. The van der Waals surface area contributed by atoms with Gasteiger partial charge in [0.1, 0.15) is 5.82 Å². The predicted octanol–water partition coefficient (Wildman–Crippen LogP) is 2.67. The van der Waals surface area contributed by atoms with Gasteiger partial charge in [0.25, 0.3) is 5.91 Å². The average Bonchev–Trinajstić information content (AvgIpc) is 2.47. The van der Waals surface area contributed by atoms with E-state index in [1.54, 1.807) is 24.5 Å². The molecule has 0 saturated carbocycles. The molecule has 0 aromatic carbocycles. The van der Waals surface area contributed by atoms with Crippen LogP contribution >= 0.6 is 0 Å². The summed E-state index contributed by atoms with van der Waals surface area (Å²) in [6.07, 6.45) is 3.42. The second-order valence-corrected chi connectivity index (χ2v) is 5.34. The first-order valence-electron chi connectivity index (χ1n) is 6.95. The van der Waals surface area contributed by atoms with Crippen LogP contribution < -0.4 is 11.1 Å². The van der Waals surface area contributed by atoms with Crippen molar-refractivity contribution in [2.24, 2.45) is 0 Å². The number of nitrogen functional groups attached to an aromatic ring is 1. The fourth-order valence-electron chi connectivity index (χ4n) is 2.02. The van der Waals surface area contributed by atoms with Crippen molar-refractivity contribution >= 4 is 11.7 Å². The fraction of sp³-hybridized carbons (Fsp3) is 0.312. The van der Waals surface area contributed by atoms with Crippen molar-refractivity contribution in [2.75, 3.05) is 5.73 Å². The molecule has 0 spiro atoms. The maximum atomic E-state index is 12.3. The minimum atomic E-state index is -0.157. The number of hydrogen-bond acceptors (Lipinski definition) is 4. The number of aromatic nitrogens is 2. The van der Waals surface area contributed by atoms with Crippen LogP contribution in [0.1, 0.15) is 54.3 Å². The van der Waals surface area contributed by atoms with Gasteiger partial charge in [-0.3, -0.25) is 9.78 Å². The van der Waals surface area contributed by atoms with E-state index < -0.39 is 0 Å². The zero-order valence-corrected chi connectivity index (χ0v) is 12.5. The van der Waals surface area contributed by atoms with Crippen LogP contribution in [0.2, 0.25) is 0 Å². The van der Waals surface area contributed by atoms with Crippen molar-refractivity contribution in [2.45, 2.75) is 32.7 Å². The maximum absolute atomic E-state index is 12.3. The van der Waals surface area contributed by atoms with Gasteiger partial charge in [-0.1, -0.05) is 13.8 Å². The number of nitrogens with two attached hydrogens (primary N) is 1. The third-order valence-electron chi connectivity index (χ3n) is 3.27. The van der Waals surface area contributed by atoms with Crippen molar-refractivity contribution < 1.29 is 4.79 Å². The Labute approximate surface area is 124 Å². The minimum absolute atomic E-state index is 0.0996. The zero-order valence-electron chi connectivity index (χ0n) is 12.5. The fourth-order valence-corrected chi connectivity index (χ4v) is 2.02. The van der Waals surface area contributed by atoms with Gasteiger partial charge in [-0.2, -0.15) is 0 Å². The summed E-state index contributed by atoms with van der Waals surface area (Å²) in [4.78, 5) is 20.6. The summed E-state index contributed by atoms with van der Waals surface area (Å²) in [6.45, 7) is 5.97. The maximum Gasteiger partial charge on any atom is 0.251 e. The number of hydrogen-bond donors (Lipinski definition) is 2. The molecule has 5 nitrogen and oxygen atoms in total. The summed E-state index contributed by atoms with van der Waals surface area (Å²) in [5.41, 5.74) is 8.13. The van der Waals surface area contributed by atoms with Crippen LogP contribution in [0.4, 0.5) is 5.82 Å². The largest absolute Gasteiger partial charge is 0.384 e. The molecular weight excluding hydrogens is 264 g/mol. The average molecular weight is 284 g/mol. The highest BCUT2D eigenvalue weighted by molar-refractivity contribution is 5.95. The second kappa shape index (κ2) is 6.35. The van der Waals surface area contributed by atoms with E-state index in [4.69, 9.17) is 5.73 Å². The van der Waals surface area contributed by atoms with Crippen LogP contribution in [0.5, 0.6) is 0 Å². The number of anilines is 1. The Morgan fingerprint density at radius 2 is 1.86 bits per heavy atom. The van der Waals surface area contributed by atoms with Crippen molar-refractivity contribution in [1.29, 1.82) is 0 Å². The summed E-state index contributed by atoms with van der Waals surface area (Å²) in [5, 5.41) is 2.96. The van der Waals surface area contributed by atoms with Gasteiger partial charge in [0.05, 0.1) is 6.04 Å². The molecule has 2 aromatic rings. The summed E-state index contributed by atoms with van der Waals surface area (Å²) in [5.74, 6) is 0.427. The Hall–Kier alpha value is -2.43. The van der Waals surface area contributed by atoms with E-state index in [1.165, 1.54) is 0 Å². The van der Waals surface area contributed by atoms with Gasteiger partial charge in [0.15, 0.2) is 0 Å². The third kappa shape index (κ3) is 3.78. The Bertz CT molecular complexity index is 625. The second-order valence-electron chi connectivity index (χ2n) is 5.34. The van der Waals surface area contributed by atoms with E-state index in [9.17, 15) is 4.79 Å². The molecule has 2 heterocycles. The van der Waals surface area contributed by atoms with E-state index in [2.05, 4.69) is 15.3 Å². The molecule has 0 radical (unpaired) electrons. The molecule has 0 aliphatic heterocycles. The Morgan fingerprint density at radius 1 is 1.19 bits per heavy atom. The summed E-state index contributed by atoms with van der Waals surface area (Å²) < 4.78 is 0. The van der Waals surface area contributed by atoms with E-state index in [0.29, 0.717) is 11.4 Å². The number of nitrogens with zero attached hydrogens (tertiary/aromatic N) is 2. The van der Waals surface area contributed by atoms with Crippen LogP contribution in [0.15, 0.2) is 36.7 Å². The highest BCUT2D eigenvalue weighted by Gasteiger charge is 2.14. The van der Waals surface area contributed by atoms with Crippen molar-refractivity contribution in [3.63, 3.8) is 0 Å². The highest BCUT2D eigenvalue weighted by atomic mass is 16.1. The molecule has 3 N–H and O–H groups in total. The van der Waals surface area contributed by atoms with Crippen LogP contribution in [-0.4, -0.2) is 15.9 Å². The molecule has 1 unspecified atom stereocenters. The Balaban J connectivity index is 2.17. The standard InChI is InChI=1S/C16H20N4O/c1-10(2)14-8-13(9-15(17)20-14)16(21)19-11(3)12-4-6-18-7-5-12/h4-11H,1-3H3,(H2,17,20)(H,19,21). The lowest BCUT2D eigenvalue weighted by Gasteiger charge is -2.15. The molecule has 0 saturated heterocycles. The number of nitrogens with one attached hydrogen (secondary N) is 1. The number of rotatable bonds is 4. The van der Waals surface area contributed by atoms with E-state index in [1.807, 2.05) is 32.9 Å². The third-order valence-corrected chi connectivity index (χ3v) is 3.27. The molecule has 21 heavy (non-hydrogen) atoms. The van der Waals surface area contributed by atoms with Gasteiger partial charge in [-0.15, -0.1) is 0 Å². The van der Waals surface area contributed by atoms with E-state index >= 15 is 0 Å². The molecule has 1 atom stereocenters. The molecule has 2 aromatic heterocycles. The van der Waals surface area contributed by atoms with Crippen LogP contribution in [0.25, 0.3) is 0 Å². The van der Waals surface area contributed by atoms with Crippen molar-refractivity contribution in [3.8, 4) is 0 Å². The molecule has 0 aliphatic rings. The topological polar surface area (TPSA) is 80.9 Å². The van der Waals surface area contributed by atoms with E-state index in [0.717, 1.165) is 11.3 Å². The Kier molecular flexibility index (Phi) is 4.52. The van der Waals surface area contributed by atoms with E-state index in [-0.39, 0.29) is 17.9 Å². The first kappa shape index (κ1) is 15.0. The molecule has 1 amide bonds. The highest BCUT2D eigenvalue weighted by Crippen LogP contribution is 2.17. The number of amides is 1. The predicted molar refractivity (Wildman–Crippen MR) is 82.9 cm³/mol. The number of carbonyl (C=O) groups excluding carboxylic acids is 1. The molecular formula is C16H20N4O. The van der Waals surface area contributed by atoms with Crippen LogP contribution in [-0.2, 0) is 0 Å². The van der Waals surface area contributed by atoms with Gasteiger partial charge in [0, 0.05) is 23.7 Å². The zero-order chi connectivity index (χ0) is 15.4. The first-order chi connectivity index (χ1) is 9.97. The summed E-state index contributed by atoms with van der Waals surface area (Å²) in [6, 6.07) is 7.05. The van der Waals surface area contributed by atoms with Gasteiger partial charge in [-0.05, 0) is 42.7 Å². The van der Waals surface area contributed by atoms with Crippen molar-refractivity contribution in [1.82, 2.24) is 15.3 Å². The monoisotopic (exact) mass is 284 g/mol. The lowest BCUT2D eigenvalue weighted by molar-refractivity contribution is 0.0939. The van der Waals surface area contributed by atoms with Crippen LogP contribution in [0.3, 0.4) is 0 Å². The molecule has 0 fully saturated rings. The number of carbonyl (C=O) groups is 1. The molecule has 5 heteroatoms. The van der Waals surface area contributed by atoms with Gasteiger partial charge in [0.2, 0.25) is 0 Å². The lowest BCUT2D eigenvalue weighted by Crippen LogP contribution is -2.27.